The van der Waals surface area contributed by atoms with Gasteiger partial charge in [0, 0.05) is 13.1 Å². The Labute approximate surface area is 120 Å². The highest BCUT2D eigenvalue weighted by Crippen LogP contribution is 2.23. The lowest BCUT2D eigenvalue weighted by molar-refractivity contribution is 0.233. The fourth-order valence-electron chi connectivity index (χ4n) is 2.15. The zero-order chi connectivity index (χ0) is 12.1. The Kier molecular flexibility index (Phi) is 6.79. The van der Waals surface area contributed by atoms with E-state index in [4.69, 9.17) is 22.1 Å². The molecule has 0 amide bonds. The van der Waals surface area contributed by atoms with Gasteiger partial charge in [-0.1, -0.05) is 23.7 Å². The molecular weight excluding hydrogens is 271 g/mol. The molecule has 0 aliphatic carbocycles. The maximum atomic E-state index is 6.01. The third-order valence-electron chi connectivity index (χ3n) is 3.21. The molecule has 0 bridgehead atoms. The minimum Gasteiger partial charge on any atom is -0.491 e. The first-order chi connectivity index (χ1) is 8.29. The van der Waals surface area contributed by atoms with E-state index >= 15 is 0 Å². The molecule has 3 nitrogen and oxygen atoms in total. The summed E-state index contributed by atoms with van der Waals surface area (Å²) in [6.45, 7) is 4.65. The smallest absolute Gasteiger partial charge is 0.137 e. The van der Waals surface area contributed by atoms with Gasteiger partial charge >= 0.3 is 0 Å². The number of benzene rings is 1. The molecule has 0 spiro atoms. The van der Waals surface area contributed by atoms with Gasteiger partial charge in [-0.15, -0.1) is 12.4 Å². The average Bonchev–Trinajstić information content (AvgIpc) is 2.80. The van der Waals surface area contributed by atoms with E-state index in [0.717, 1.165) is 31.9 Å². The molecule has 18 heavy (non-hydrogen) atoms. The minimum atomic E-state index is 0. The van der Waals surface area contributed by atoms with E-state index in [9.17, 15) is 0 Å². The zero-order valence-electron chi connectivity index (χ0n) is 10.3. The molecule has 1 heterocycles. The highest BCUT2D eigenvalue weighted by atomic mass is 35.5. The minimum absolute atomic E-state index is 0. The van der Waals surface area contributed by atoms with Gasteiger partial charge in [-0.2, -0.15) is 0 Å². The number of halogens is 2. The Morgan fingerprint density at radius 2 is 2.17 bits per heavy atom. The Hall–Kier alpha value is -0.480. The fourth-order valence-corrected chi connectivity index (χ4v) is 2.35. The maximum Gasteiger partial charge on any atom is 0.137 e. The van der Waals surface area contributed by atoms with Crippen molar-refractivity contribution in [2.75, 3.05) is 32.8 Å². The van der Waals surface area contributed by atoms with Gasteiger partial charge in [0.1, 0.15) is 12.4 Å². The number of para-hydroxylation sites is 1. The molecule has 1 aliphatic rings. The van der Waals surface area contributed by atoms with Crippen LogP contribution in [0.1, 0.15) is 6.42 Å². The van der Waals surface area contributed by atoms with E-state index in [1.54, 1.807) is 0 Å². The van der Waals surface area contributed by atoms with Crippen molar-refractivity contribution >= 4 is 24.0 Å². The molecule has 0 saturated carbocycles. The van der Waals surface area contributed by atoms with Crippen molar-refractivity contribution in [2.24, 2.45) is 11.7 Å². The van der Waals surface area contributed by atoms with Gasteiger partial charge in [0.05, 0.1) is 5.02 Å². The van der Waals surface area contributed by atoms with Crippen LogP contribution in [0.15, 0.2) is 24.3 Å². The Morgan fingerprint density at radius 3 is 2.83 bits per heavy atom. The summed E-state index contributed by atoms with van der Waals surface area (Å²) in [6.07, 6.45) is 1.21. The largest absolute Gasteiger partial charge is 0.491 e. The van der Waals surface area contributed by atoms with Gasteiger partial charge in [-0.05, 0) is 37.6 Å². The number of hydrogen-bond acceptors (Lipinski definition) is 3. The molecular formula is C13H20Cl2N2O. The summed E-state index contributed by atoms with van der Waals surface area (Å²) in [5.74, 6) is 1.43. The van der Waals surface area contributed by atoms with Crippen molar-refractivity contribution in [3.63, 3.8) is 0 Å². The van der Waals surface area contributed by atoms with Crippen LogP contribution < -0.4 is 10.5 Å². The number of nitrogens with two attached hydrogens (primary N) is 1. The second-order valence-electron chi connectivity index (χ2n) is 4.47. The number of likely N-dealkylation sites (tertiary alicyclic amines) is 1. The predicted molar refractivity (Wildman–Crippen MR) is 77.8 cm³/mol. The molecule has 1 aromatic rings. The van der Waals surface area contributed by atoms with E-state index < -0.39 is 0 Å². The van der Waals surface area contributed by atoms with Crippen LogP contribution in [0, 0.1) is 5.92 Å². The van der Waals surface area contributed by atoms with Crippen molar-refractivity contribution in [3.8, 4) is 5.75 Å². The van der Waals surface area contributed by atoms with Gasteiger partial charge in [-0.3, -0.25) is 4.90 Å². The Balaban J connectivity index is 0.00000162. The standard InChI is InChI=1S/C13H19ClN2O.ClH/c14-12-3-1-2-4-13(12)17-8-7-16-6-5-11(9-15)10-16;/h1-4,11H,5-10,15H2;1H. The number of hydrogen-bond donors (Lipinski definition) is 1. The zero-order valence-corrected chi connectivity index (χ0v) is 11.9. The highest BCUT2D eigenvalue weighted by molar-refractivity contribution is 6.32. The van der Waals surface area contributed by atoms with E-state index in [1.807, 2.05) is 24.3 Å². The SMILES string of the molecule is Cl.NCC1CCN(CCOc2ccccc2Cl)C1. The van der Waals surface area contributed by atoms with Crippen molar-refractivity contribution in [1.82, 2.24) is 4.90 Å². The maximum absolute atomic E-state index is 6.01. The number of rotatable bonds is 5. The quantitative estimate of drug-likeness (QED) is 0.905. The number of nitrogens with zero attached hydrogens (tertiary/aromatic N) is 1. The molecule has 0 radical (unpaired) electrons. The molecule has 2 N–H and O–H groups in total. The van der Waals surface area contributed by atoms with Gasteiger partial charge in [0.2, 0.25) is 0 Å². The normalized spacial score (nSPS) is 19.6. The first-order valence-corrected chi connectivity index (χ1v) is 6.47. The monoisotopic (exact) mass is 290 g/mol. The molecule has 1 saturated heterocycles. The summed E-state index contributed by atoms with van der Waals surface area (Å²) in [6, 6.07) is 7.58. The van der Waals surface area contributed by atoms with Crippen molar-refractivity contribution in [3.05, 3.63) is 29.3 Å². The van der Waals surface area contributed by atoms with E-state index in [1.165, 1.54) is 6.42 Å². The molecule has 1 aliphatic heterocycles. The molecule has 1 atom stereocenters. The molecule has 5 heteroatoms. The van der Waals surface area contributed by atoms with Crippen molar-refractivity contribution in [1.29, 1.82) is 0 Å². The lowest BCUT2D eigenvalue weighted by Crippen LogP contribution is -2.27. The lowest BCUT2D eigenvalue weighted by atomic mass is 10.1. The van der Waals surface area contributed by atoms with Crippen LogP contribution in [-0.4, -0.2) is 37.7 Å². The van der Waals surface area contributed by atoms with Gasteiger partial charge in [0.15, 0.2) is 0 Å². The second kappa shape index (κ2) is 7.85. The molecule has 0 aromatic heterocycles. The van der Waals surface area contributed by atoms with E-state index in [0.29, 0.717) is 17.5 Å². The lowest BCUT2D eigenvalue weighted by Gasteiger charge is -2.16. The fraction of sp³-hybridized carbons (Fsp3) is 0.538. The van der Waals surface area contributed by atoms with E-state index in [2.05, 4.69) is 4.90 Å². The first kappa shape index (κ1) is 15.6. The Bertz CT molecular complexity index is 363. The molecule has 1 aromatic carbocycles. The summed E-state index contributed by atoms with van der Waals surface area (Å²) in [5.41, 5.74) is 5.66. The van der Waals surface area contributed by atoms with Gasteiger partial charge in [-0.25, -0.2) is 0 Å². The average molecular weight is 291 g/mol. The van der Waals surface area contributed by atoms with Gasteiger partial charge in [0.25, 0.3) is 0 Å². The van der Waals surface area contributed by atoms with Crippen molar-refractivity contribution < 1.29 is 4.74 Å². The van der Waals surface area contributed by atoms with Crippen LogP contribution in [0.5, 0.6) is 5.75 Å². The van der Waals surface area contributed by atoms with Gasteiger partial charge < -0.3 is 10.5 Å². The number of ether oxygens (including phenoxy) is 1. The van der Waals surface area contributed by atoms with Crippen LogP contribution in [-0.2, 0) is 0 Å². The topological polar surface area (TPSA) is 38.5 Å². The molecule has 1 fully saturated rings. The van der Waals surface area contributed by atoms with E-state index in [-0.39, 0.29) is 12.4 Å². The van der Waals surface area contributed by atoms with Crippen LogP contribution in [0.2, 0.25) is 5.02 Å². The summed E-state index contributed by atoms with van der Waals surface area (Å²) in [4.78, 5) is 2.40. The third kappa shape index (κ3) is 4.32. The van der Waals surface area contributed by atoms with Crippen molar-refractivity contribution in [2.45, 2.75) is 6.42 Å². The summed E-state index contributed by atoms with van der Waals surface area (Å²) < 4.78 is 5.66. The second-order valence-corrected chi connectivity index (χ2v) is 4.88. The van der Waals surface area contributed by atoms with Crippen LogP contribution in [0.4, 0.5) is 0 Å². The summed E-state index contributed by atoms with van der Waals surface area (Å²) in [7, 11) is 0. The van der Waals surface area contributed by atoms with Crippen LogP contribution in [0.3, 0.4) is 0 Å². The Morgan fingerprint density at radius 1 is 1.39 bits per heavy atom. The van der Waals surface area contributed by atoms with Crippen LogP contribution in [0.25, 0.3) is 0 Å². The summed E-state index contributed by atoms with van der Waals surface area (Å²) in [5, 5.41) is 0.675. The summed E-state index contributed by atoms with van der Waals surface area (Å²) >= 11 is 6.01. The molecule has 102 valence electrons. The predicted octanol–water partition coefficient (Wildman–Crippen LogP) is 2.42. The molecule has 2 rings (SSSR count). The third-order valence-corrected chi connectivity index (χ3v) is 3.52. The first-order valence-electron chi connectivity index (χ1n) is 6.09. The highest BCUT2D eigenvalue weighted by Gasteiger charge is 2.20. The van der Waals surface area contributed by atoms with Crippen LogP contribution >= 0.6 is 24.0 Å². The molecule has 1 unspecified atom stereocenters.